The molecule has 2 saturated heterocycles. The van der Waals surface area contributed by atoms with Crippen molar-refractivity contribution < 1.29 is 19.5 Å². The first-order chi connectivity index (χ1) is 11.5. The van der Waals surface area contributed by atoms with Crippen LogP contribution in [0.15, 0.2) is 24.3 Å². The zero-order chi connectivity index (χ0) is 17.3. The lowest BCUT2D eigenvalue weighted by molar-refractivity contribution is -0.149. The van der Waals surface area contributed by atoms with Gasteiger partial charge < -0.3 is 14.9 Å². The van der Waals surface area contributed by atoms with Gasteiger partial charge in [0.2, 0.25) is 11.8 Å². The zero-order valence-corrected chi connectivity index (χ0v) is 13.8. The third kappa shape index (κ3) is 2.88. The highest BCUT2D eigenvalue weighted by molar-refractivity contribution is 6.01. The van der Waals surface area contributed by atoms with E-state index in [1.807, 2.05) is 31.2 Å². The monoisotopic (exact) mass is 330 g/mol. The molecule has 0 saturated carbocycles. The minimum atomic E-state index is -0.960. The van der Waals surface area contributed by atoms with Crippen molar-refractivity contribution in [2.45, 2.75) is 38.6 Å². The molecule has 0 aliphatic carbocycles. The maximum absolute atomic E-state index is 12.7. The van der Waals surface area contributed by atoms with Gasteiger partial charge in [-0.15, -0.1) is 0 Å². The second-order valence-corrected chi connectivity index (χ2v) is 6.42. The number of hydrogen-bond donors (Lipinski definition) is 1. The standard InChI is InChI=1S/C18H22N2O4/c1-2-12-6-3-4-7-14(12)20-11-13(10-16(20)21)17(22)19-9-5-8-15(19)18(23)24/h3-4,6-7,13,15H,2,5,8-11H2,1H3,(H,23,24)/t13?,15-/m1/s1. The smallest absolute Gasteiger partial charge is 0.326 e. The summed E-state index contributed by atoms with van der Waals surface area (Å²) in [4.78, 5) is 39.6. The molecule has 2 amide bonds. The summed E-state index contributed by atoms with van der Waals surface area (Å²) < 4.78 is 0. The Morgan fingerprint density at radius 3 is 2.75 bits per heavy atom. The number of carboxylic acids is 1. The fourth-order valence-electron chi connectivity index (χ4n) is 3.70. The van der Waals surface area contributed by atoms with Crippen molar-refractivity contribution in [2.24, 2.45) is 5.92 Å². The molecule has 6 heteroatoms. The zero-order valence-electron chi connectivity index (χ0n) is 13.8. The van der Waals surface area contributed by atoms with Crippen LogP contribution >= 0.6 is 0 Å². The Morgan fingerprint density at radius 2 is 2.04 bits per heavy atom. The Labute approximate surface area is 141 Å². The summed E-state index contributed by atoms with van der Waals surface area (Å²) in [5, 5.41) is 9.25. The van der Waals surface area contributed by atoms with Crippen molar-refractivity contribution >= 4 is 23.5 Å². The number of carbonyl (C=O) groups excluding carboxylic acids is 2. The van der Waals surface area contributed by atoms with Gasteiger partial charge in [0.15, 0.2) is 0 Å². The van der Waals surface area contributed by atoms with Crippen LogP contribution in [0.1, 0.15) is 31.7 Å². The maximum atomic E-state index is 12.7. The number of nitrogens with zero attached hydrogens (tertiary/aromatic N) is 2. The van der Waals surface area contributed by atoms with Crippen LogP contribution in [-0.4, -0.2) is 46.9 Å². The van der Waals surface area contributed by atoms with Crippen molar-refractivity contribution in [1.82, 2.24) is 4.90 Å². The number of aryl methyl sites for hydroxylation is 1. The summed E-state index contributed by atoms with van der Waals surface area (Å²) in [5.41, 5.74) is 1.93. The molecule has 3 rings (SSSR count). The van der Waals surface area contributed by atoms with Gasteiger partial charge in [0, 0.05) is 25.2 Å². The second-order valence-electron chi connectivity index (χ2n) is 6.42. The predicted molar refractivity (Wildman–Crippen MR) is 88.7 cm³/mol. The number of aliphatic carboxylic acids is 1. The summed E-state index contributed by atoms with van der Waals surface area (Å²) in [7, 11) is 0. The van der Waals surface area contributed by atoms with E-state index in [4.69, 9.17) is 0 Å². The highest BCUT2D eigenvalue weighted by Gasteiger charge is 2.42. The quantitative estimate of drug-likeness (QED) is 0.911. The molecule has 2 heterocycles. The van der Waals surface area contributed by atoms with Gasteiger partial charge in [-0.3, -0.25) is 9.59 Å². The van der Waals surface area contributed by atoms with Gasteiger partial charge >= 0.3 is 5.97 Å². The number of rotatable bonds is 4. The highest BCUT2D eigenvalue weighted by Crippen LogP contribution is 2.31. The first kappa shape index (κ1) is 16.5. The van der Waals surface area contributed by atoms with Crippen molar-refractivity contribution in [1.29, 1.82) is 0 Å². The van der Waals surface area contributed by atoms with Crippen LogP contribution in [0.2, 0.25) is 0 Å². The molecule has 2 atom stereocenters. The van der Waals surface area contributed by atoms with Crippen LogP contribution in [0.5, 0.6) is 0 Å². The van der Waals surface area contributed by atoms with Crippen molar-refractivity contribution in [2.75, 3.05) is 18.0 Å². The largest absolute Gasteiger partial charge is 0.480 e. The van der Waals surface area contributed by atoms with Crippen LogP contribution in [0, 0.1) is 5.92 Å². The van der Waals surface area contributed by atoms with E-state index >= 15 is 0 Å². The molecule has 0 aromatic heterocycles. The molecular formula is C18H22N2O4. The molecule has 0 bridgehead atoms. The minimum absolute atomic E-state index is 0.0691. The molecule has 1 N–H and O–H groups in total. The summed E-state index contributed by atoms with van der Waals surface area (Å²) >= 11 is 0. The van der Waals surface area contributed by atoms with E-state index in [0.29, 0.717) is 25.9 Å². The lowest BCUT2D eigenvalue weighted by atomic mass is 10.1. The van der Waals surface area contributed by atoms with Crippen LogP contribution in [0.25, 0.3) is 0 Å². The van der Waals surface area contributed by atoms with Gasteiger partial charge in [0.1, 0.15) is 6.04 Å². The molecular weight excluding hydrogens is 308 g/mol. The molecule has 0 radical (unpaired) electrons. The van der Waals surface area contributed by atoms with Crippen LogP contribution in [-0.2, 0) is 20.8 Å². The van der Waals surface area contributed by atoms with Gasteiger partial charge in [-0.05, 0) is 30.9 Å². The average Bonchev–Trinajstić information content (AvgIpc) is 3.21. The van der Waals surface area contributed by atoms with Crippen LogP contribution in [0.3, 0.4) is 0 Å². The third-order valence-electron chi connectivity index (χ3n) is 4.96. The molecule has 128 valence electrons. The van der Waals surface area contributed by atoms with Gasteiger partial charge in [0.05, 0.1) is 5.92 Å². The molecule has 1 aromatic carbocycles. The molecule has 1 unspecified atom stereocenters. The fourth-order valence-corrected chi connectivity index (χ4v) is 3.70. The van der Waals surface area contributed by atoms with Crippen LogP contribution < -0.4 is 4.90 Å². The van der Waals surface area contributed by atoms with Gasteiger partial charge in [0.25, 0.3) is 0 Å². The molecule has 24 heavy (non-hydrogen) atoms. The number of benzene rings is 1. The Balaban J connectivity index is 1.77. The molecule has 0 spiro atoms. The number of amides is 2. The van der Waals surface area contributed by atoms with Gasteiger partial charge in [-0.2, -0.15) is 0 Å². The molecule has 2 aliphatic heterocycles. The van der Waals surface area contributed by atoms with E-state index in [2.05, 4.69) is 0 Å². The number of hydrogen-bond acceptors (Lipinski definition) is 3. The number of likely N-dealkylation sites (tertiary alicyclic amines) is 1. The molecule has 2 fully saturated rings. The van der Waals surface area contributed by atoms with E-state index in [0.717, 1.165) is 17.7 Å². The number of para-hydroxylation sites is 1. The molecule has 6 nitrogen and oxygen atoms in total. The summed E-state index contributed by atoms with van der Waals surface area (Å²) in [6.07, 6.45) is 2.15. The van der Waals surface area contributed by atoms with Crippen LogP contribution in [0.4, 0.5) is 5.69 Å². The Hall–Kier alpha value is -2.37. The Morgan fingerprint density at radius 1 is 1.29 bits per heavy atom. The average molecular weight is 330 g/mol. The third-order valence-corrected chi connectivity index (χ3v) is 4.96. The molecule has 1 aromatic rings. The first-order valence-corrected chi connectivity index (χ1v) is 8.44. The van der Waals surface area contributed by atoms with Crippen molar-refractivity contribution in [3.8, 4) is 0 Å². The minimum Gasteiger partial charge on any atom is -0.480 e. The summed E-state index contributed by atoms with van der Waals surface area (Å²) in [5.74, 6) is -1.69. The van der Waals surface area contributed by atoms with Gasteiger partial charge in [-0.1, -0.05) is 25.1 Å². The van der Waals surface area contributed by atoms with E-state index in [9.17, 15) is 19.5 Å². The number of carboxylic acid groups (broad SMARTS) is 1. The summed E-state index contributed by atoms with van der Waals surface area (Å²) in [6, 6.07) is 6.97. The van der Waals surface area contributed by atoms with Crippen molar-refractivity contribution in [3.05, 3.63) is 29.8 Å². The predicted octanol–water partition coefficient (Wildman–Crippen LogP) is 1.68. The normalized spacial score (nSPS) is 23.8. The van der Waals surface area contributed by atoms with E-state index < -0.39 is 17.9 Å². The molecule has 2 aliphatic rings. The van der Waals surface area contributed by atoms with E-state index in [1.54, 1.807) is 4.90 Å². The lowest BCUT2D eigenvalue weighted by Gasteiger charge is -2.25. The maximum Gasteiger partial charge on any atom is 0.326 e. The van der Waals surface area contributed by atoms with E-state index in [-0.39, 0.29) is 18.2 Å². The number of anilines is 1. The number of carbonyl (C=O) groups is 3. The fraction of sp³-hybridized carbons (Fsp3) is 0.500. The second kappa shape index (κ2) is 6.63. The SMILES string of the molecule is CCc1ccccc1N1CC(C(=O)N2CCC[C@@H]2C(=O)O)CC1=O. The van der Waals surface area contributed by atoms with Gasteiger partial charge in [-0.25, -0.2) is 4.79 Å². The first-order valence-electron chi connectivity index (χ1n) is 8.44. The summed E-state index contributed by atoms with van der Waals surface area (Å²) in [6.45, 7) is 2.83. The topological polar surface area (TPSA) is 77.9 Å². The lowest BCUT2D eigenvalue weighted by Crippen LogP contribution is -2.44. The van der Waals surface area contributed by atoms with Crippen molar-refractivity contribution in [3.63, 3.8) is 0 Å². The Bertz CT molecular complexity index is 673. The Kier molecular flexibility index (Phi) is 4.55. The highest BCUT2D eigenvalue weighted by atomic mass is 16.4. The van der Waals surface area contributed by atoms with E-state index in [1.165, 1.54) is 4.90 Å².